The molecule has 2 rings (SSSR count). The number of hydrogen-bond acceptors (Lipinski definition) is 5. The minimum Gasteiger partial charge on any atom is -0.409 e. The molecule has 0 spiro atoms. The van der Waals surface area contributed by atoms with Crippen molar-refractivity contribution in [3.63, 3.8) is 0 Å². The third-order valence-electron chi connectivity index (χ3n) is 3.56. The molecular weight excluding hydrogens is 264 g/mol. The monoisotopic (exact) mass is 282 g/mol. The van der Waals surface area contributed by atoms with Gasteiger partial charge in [-0.3, -0.25) is 9.78 Å². The van der Waals surface area contributed by atoms with Gasteiger partial charge in [-0.2, -0.15) is 0 Å². The summed E-state index contributed by atoms with van der Waals surface area (Å²) >= 11 is 1.28. The number of nitrogens with two attached hydrogens (primary N) is 1. The van der Waals surface area contributed by atoms with Crippen LogP contribution in [0.1, 0.15) is 48.2 Å². The van der Waals surface area contributed by atoms with Crippen LogP contribution < -0.4 is 11.1 Å². The van der Waals surface area contributed by atoms with E-state index in [0.29, 0.717) is 17.7 Å². The zero-order valence-electron chi connectivity index (χ0n) is 10.6. The van der Waals surface area contributed by atoms with Gasteiger partial charge >= 0.3 is 0 Å². The Morgan fingerprint density at radius 1 is 1.42 bits per heavy atom. The second-order valence-corrected chi connectivity index (χ2v) is 5.69. The van der Waals surface area contributed by atoms with E-state index in [1.807, 2.05) is 0 Å². The first-order chi connectivity index (χ1) is 9.18. The maximum absolute atomic E-state index is 12.2. The van der Waals surface area contributed by atoms with Crippen molar-refractivity contribution in [1.82, 2.24) is 10.3 Å². The molecule has 0 atom stereocenters. The summed E-state index contributed by atoms with van der Waals surface area (Å²) in [5.41, 5.74) is 6.71. The lowest BCUT2D eigenvalue weighted by Crippen LogP contribution is -2.57. The minimum atomic E-state index is -0.730. The molecule has 0 aliphatic heterocycles. The predicted molar refractivity (Wildman–Crippen MR) is 73.4 cm³/mol. The molecule has 1 saturated carbocycles. The maximum Gasteiger partial charge on any atom is 0.263 e. The topological polar surface area (TPSA) is 101 Å². The number of hydrogen-bond donors (Lipinski definition) is 3. The highest BCUT2D eigenvalue weighted by Gasteiger charge is 2.37. The van der Waals surface area contributed by atoms with Crippen LogP contribution in [0.5, 0.6) is 0 Å². The highest BCUT2D eigenvalue weighted by Crippen LogP contribution is 2.28. The Balaban J connectivity index is 2.20. The average Bonchev–Trinajstić information content (AvgIpc) is 2.86. The van der Waals surface area contributed by atoms with E-state index in [1.165, 1.54) is 17.5 Å². The van der Waals surface area contributed by atoms with E-state index in [-0.39, 0.29) is 11.7 Å². The molecule has 1 heterocycles. The van der Waals surface area contributed by atoms with Gasteiger partial charge in [-0.05, 0) is 12.8 Å². The number of nitrogens with zero attached hydrogens (tertiary/aromatic N) is 2. The Kier molecular flexibility index (Phi) is 4.36. The maximum atomic E-state index is 12.2. The van der Waals surface area contributed by atoms with Crippen molar-refractivity contribution in [3.05, 3.63) is 16.6 Å². The lowest BCUT2D eigenvalue weighted by atomic mass is 9.88. The van der Waals surface area contributed by atoms with Gasteiger partial charge in [0.05, 0.1) is 11.7 Å². The first-order valence-corrected chi connectivity index (χ1v) is 7.25. The SMILES string of the molecule is NC(=NO)C1(NC(=O)c2cncs2)CCCCCC1. The van der Waals surface area contributed by atoms with Crippen molar-refractivity contribution < 1.29 is 10.0 Å². The standard InChI is InChI=1S/C12H18N4O2S/c13-11(16-18)12(5-3-1-2-4-6-12)15-10(17)9-7-14-8-19-9/h7-8,18H,1-6H2,(H2,13,16)(H,15,17). The van der Waals surface area contributed by atoms with Crippen molar-refractivity contribution in [2.24, 2.45) is 10.9 Å². The van der Waals surface area contributed by atoms with Crippen LogP contribution in [0.15, 0.2) is 16.9 Å². The van der Waals surface area contributed by atoms with Crippen LogP contribution in [-0.4, -0.2) is 27.5 Å². The Bertz CT molecular complexity index is 450. The van der Waals surface area contributed by atoms with Gasteiger partial charge in [-0.25, -0.2) is 0 Å². The fraction of sp³-hybridized carbons (Fsp3) is 0.583. The molecule has 1 aromatic rings. The van der Waals surface area contributed by atoms with Gasteiger partial charge in [0, 0.05) is 0 Å². The smallest absolute Gasteiger partial charge is 0.263 e. The molecule has 0 radical (unpaired) electrons. The van der Waals surface area contributed by atoms with Crippen LogP contribution in [0.4, 0.5) is 0 Å². The number of nitrogens with one attached hydrogen (secondary N) is 1. The number of carbonyl (C=O) groups excluding carboxylic acids is 1. The van der Waals surface area contributed by atoms with Crippen LogP contribution in [-0.2, 0) is 0 Å². The van der Waals surface area contributed by atoms with Crippen molar-refractivity contribution in [2.75, 3.05) is 0 Å². The van der Waals surface area contributed by atoms with Gasteiger partial charge in [-0.15, -0.1) is 11.3 Å². The zero-order chi connectivity index (χ0) is 13.7. The summed E-state index contributed by atoms with van der Waals surface area (Å²) in [7, 11) is 0. The number of amides is 1. The third-order valence-corrected chi connectivity index (χ3v) is 4.34. The minimum absolute atomic E-state index is 0.0901. The Morgan fingerprint density at radius 3 is 2.63 bits per heavy atom. The molecule has 1 aliphatic rings. The van der Waals surface area contributed by atoms with E-state index >= 15 is 0 Å². The summed E-state index contributed by atoms with van der Waals surface area (Å²) in [6, 6.07) is 0. The molecule has 1 amide bonds. The van der Waals surface area contributed by atoms with Crippen LogP contribution in [0.2, 0.25) is 0 Å². The van der Waals surface area contributed by atoms with Gasteiger partial charge in [0.25, 0.3) is 5.91 Å². The molecule has 7 heteroatoms. The molecule has 104 valence electrons. The fourth-order valence-electron chi connectivity index (χ4n) is 2.48. The number of carbonyl (C=O) groups is 1. The molecule has 19 heavy (non-hydrogen) atoms. The molecule has 0 bridgehead atoms. The zero-order valence-corrected chi connectivity index (χ0v) is 11.4. The van der Waals surface area contributed by atoms with E-state index in [9.17, 15) is 4.79 Å². The molecule has 4 N–H and O–H groups in total. The van der Waals surface area contributed by atoms with Crippen LogP contribution >= 0.6 is 11.3 Å². The largest absolute Gasteiger partial charge is 0.409 e. The summed E-state index contributed by atoms with van der Waals surface area (Å²) in [6.45, 7) is 0. The van der Waals surface area contributed by atoms with Gasteiger partial charge in [0.2, 0.25) is 0 Å². The number of aromatic nitrogens is 1. The van der Waals surface area contributed by atoms with Crippen molar-refractivity contribution in [3.8, 4) is 0 Å². The van der Waals surface area contributed by atoms with Gasteiger partial charge in [0.15, 0.2) is 5.84 Å². The van der Waals surface area contributed by atoms with Crippen LogP contribution in [0.3, 0.4) is 0 Å². The van der Waals surface area contributed by atoms with Crippen LogP contribution in [0.25, 0.3) is 0 Å². The first-order valence-electron chi connectivity index (χ1n) is 6.37. The summed E-state index contributed by atoms with van der Waals surface area (Å²) < 4.78 is 0. The molecule has 0 saturated heterocycles. The number of thiazole rings is 1. The van der Waals surface area contributed by atoms with Crippen molar-refractivity contribution in [1.29, 1.82) is 0 Å². The normalized spacial score (nSPS) is 19.7. The number of amidine groups is 1. The Morgan fingerprint density at radius 2 is 2.11 bits per heavy atom. The Hall–Kier alpha value is -1.63. The number of oxime groups is 1. The molecule has 1 fully saturated rings. The van der Waals surface area contributed by atoms with Crippen LogP contribution in [0, 0.1) is 0 Å². The predicted octanol–water partition coefficient (Wildman–Crippen LogP) is 1.71. The summed E-state index contributed by atoms with van der Waals surface area (Å²) in [4.78, 5) is 16.6. The molecule has 0 aromatic carbocycles. The molecule has 0 unspecified atom stereocenters. The van der Waals surface area contributed by atoms with Gasteiger partial charge < -0.3 is 16.3 Å². The number of rotatable bonds is 3. The van der Waals surface area contributed by atoms with Crippen molar-refractivity contribution in [2.45, 2.75) is 44.1 Å². The van der Waals surface area contributed by atoms with E-state index in [0.717, 1.165) is 25.7 Å². The summed E-state index contributed by atoms with van der Waals surface area (Å²) in [6.07, 6.45) is 7.06. The van der Waals surface area contributed by atoms with E-state index in [1.54, 1.807) is 5.51 Å². The first kappa shape index (κ1) is 13.8. The lowest BCUT2D eigenvalue weighted by Gasteiger charge is -2.32. The quantitative estimate of drug-likeness (QED) is 0.258. The third kappa shape index (κ3) is 3.04. The molecule has 6 nitrogen and oxygen atoms in total. The average molecular weight is 282 g/mol. The van der Waals surface area contributed by atoms with E-state index < -0.39 is 5.54 Å². The fourth-order valence-corrected chi connectivity index (χ4v) is 2.99. The van der Waals surface area contributed by atoms with Crippen molar-refractivity contribution >= 4 is 23.1 Å². The Labute approximate surface area is 115 Å². The summed E-state index contributed by atoms with van der Waals surface area (Å²) in [5, 5.41) is 15.1. The van der Waals surface area contributed by atoms with Gasteiger partial charge in [0.1, 0.15) is 10.4 Å². The highest BCUT2D eigenvalue weighted by atomic mass is 32.1. The summed E-state index contributed by atoms with van der Waals surface area (Å²) in [5.74, 6) is -0.122. The van der Waals surface area contributed by atoms with E-state index in [4.69, 9.17) is 10.9 Å². The van der Waals surface area contributed by atoms with E-state index in [2.05, 4.69) is 15.5 Å². The van der Waals surface area contributed by atoms with Gasteiger partial charge in [-0.1, -0.05) is 30.8 Å². The molecular formula is C12H18N4O2S. The molecule has 1 aromatic heterocycles. The molecule has 1 aliphatic carbocycles. The lowest BCUT2D eigenvalue weighted by molar-refractivity contribution is 0.0919. The second-order valence-electron chi connectivity index (χ2n) is 4.80. The highest BCUT2D eigenvalue weighted by molar-refractivity contribution is 7.11. The second kappa shape index (κ2) is 6.01.